The van der Waals surface area contributed by atoms with Gasteiger partial charge in [-0.3, -0.25) is 4.68 Å². The number of nitrogens with zero attached hydrogens (tertiary/aromatic N) is 2. The van der Waals surface area contributed by atoms with Crippen molar-refractivity contribution < 1.29 is 8.83 Å². The van der Waals surface area contributed by atoms with E-state index in [1.165, 1.54) is 0 Å². The van der Waals surface area contributed by atoms with Gasteiger partial charge in [-0.25, -0.2) is 0 Å². The molecule has 0 saturated heterocycles. The number of benzene rings is 1. The molecule has 0 fully saturated rings. The number of nitrogen functional groups attached to an aromatic ring is 1. The van der Waals surface area contributed by atoms with Crippen molar-refractivity contribution in [2.45, 2.75) is 0 Å². The number of fused-ring (bicyclic) bond motifs is 2. The standard InChI is InChI=1S/C14H10ClN3O2/c1-18-10(16)6-9(17-18)11-7-2-4-20-14(7)12(15)8-3-5-19-13(8)11/h2-6H,16H2,1H3. The number of hydrogen-bond acceptors (Lipinski definition) is 4. The van der Waals surface area contributed by atoms with Gasteiger partial charge in [0.25, 0.3) is 0 Å². The smallest absolute Gasteiger partial charge is 0.154 e. The highest BCUT2D eigenvalue weighted by atomic mass is 35.5. The minimum absolute atomic E-state index is 0.543. The fraction of sp³-hybridized carbons (Fsp3) is 0.0714. The van der Waals surface area contributed by atoms with Crippen LogP contribution in [0.25, 0.3) is 33.2 Å². The molecular weight excluding hydrogens is 278 g/mol. The predicted octanol–water partition coefficient (Wildman–Crippen LogP) is 3.82. The second-order valence-electron chi connectivity index (χ2n) is 4.59. The van der Waals surface area contributed by atoms with E-state index >= 15 is 0 Å². The molecule has 3 aromatic heterocycles. The molecular formula is C14H10ClN3O2. The average molecular weight is 288 g/mol. The van der Waals surface area contributed by atoms with Crippen LogP contribution in [0.4, 0.5) is 5.82 Å². The fourth-order valence-electron chi connectivity index (χ4n) is 2.45. The largest absolute Gasteiger partial charge is 0.464 e. The molecule has 20 heavy (non-hydrogen) atoms. The van der Waals surface area contributed by atoms with E-state index in [0.29, 0.717) is 22.0 Å². The van der Waals surface area contributed by atoms with E-state index < -0.39 is 0 Å². The third kappa shape index (κ3) is 1.35. The van der Waals surface area contributed by atoms with Gasteiger partial charge in [0.05, 0.1) is 28.8 Å². The van der Waals surface area contributed by atoms with Crippen LogP contribution in [-0.4, -0.2) is 9.78 Å². The molecule has 3 heterocycles. The number of aromatic nitrogens is 2. The van der Waals surface area contributed by atoms with Crippen molar-refractivity contribution in [3.63, 3.8) is 0 Å². The Hall–Kier alpha value is -2.40. The zero-order valence-electron chi connectivity index (χ0n) is 10.6. The van der Waals surface area contributed by atoms with Crippen LogP contribution in [0, 0.1) is 0 Å². The van der Waals surface area contributed by atoms with E-state index in [9.17, 15) is 0 Å². The molecule has 100 valence electrons. The van der Waals surface area contributed by atoms with Crippen molar-refractivity contribution in [1.82, 2.24) is 9.78 Å². The molecule has 5 nitrogen and oxygen atoms in total. The Kier molecular flexibility index (Phi) is 2.17. The lowest BCUT2D eigenvalue weighted by molar-refractivity contribution is 0.613. The summed E-state index contributed by atoms with van der Waals surface area (Å²) in [7, 11) is 1.79. The number of hydrogen-bond donors (Lipinski definition) is 1. The SMILES string of the molecule is Cn1nc(-c2c3ccoc3c(Cl)c3ccoc23)cc1N. The van der Waals surface area contributed by atoms with E-state index in [1.807, 2.05) is 12.1 Å². The molecule has 0 spiro atoms. The van der Waals surface area contributed by atoms with Crippen LogP contribution in [0.2, 0.25) is 5.02 Å². The van der Waals surface area contributed by atoms with Gasteiger partial charge in [-0.2, -0.15) is 5.10 Å². The van der Waals surface area contributed by atoms with Crippen LogP contribution in [0.15, 0.2) is 39.6 Å². The van der Waals surface area contributed by atoms with Gasteiger partial charge in [0.15, 0.2) is 5.58 Å². The highest BCUT2D eigenvalue weighted by molar-refractivity contribution is 6.41. The Morgan fingerprint density at radius 2 is 1.85 bits per heavy atom. The van der Waals surface area contributed by atoms with Gasteiger partial charge in [0.1, 0.15) is 11.4 Å². The molecule has 0 radical (unpaired) electrons. The molecule has 0 aliphatic carbocycles. The van der Waals surface area contributed by atoms with E-state index in [0.717, 1.165) is 22.0 Å². The van der Waals surface area contributed by atoms with Gasteiger partial charge >= 0.3 is 0 Å². The summed E-state index contributed by atoms with van der Waals surface area (Å²) in [5, 5.41) is 6.62. The molecule has 1 aromatic carbocycles. The monoisotopic (exact) mass is 287 g/mol. The van der Waals surface area contributed by atoms with Crippen LogP contribution < -0.4 is 5.73 Å². The summed E-state index contributed by atoms with van der Waals surface area (Å²) in [6.07, 6.45) is 3.20. The molecule has 0 aliphatic heterocycles. The Labute approximate surface area is 118 Å². The van der Waals surface area contributed by atoms with Gasteiger partial charge in [0, 0.05) is 23.9 Å². The first kappa shape index (κ1) is 11.4. The van der Waals surface area contributed by atoms with Gasteiger partial charge in [-0.1, -0.05) is 11.6 Å². The molecule has 0 atom stereocenters. The lowest BCUT2D eigenvalue weighted by Gasteiger charge is -2.03. The summed E-state index contributed by atoms with van der Waals surface area (Å²) in [6.45, 7) is 0. The van der Waals surface area contributed by atoms with Gasteiger partial charge < -0.3 is 14.6 Å². The van der Waals surface area contributed by atoms with Gasteiger partial charge in [-0.15, -0.1) is 0 Å². The number of halogens is 1. The van der Waals surface area contributed by atoms with Crippen molar-refractivity contribution in [3.8, 4) is 11.3 Å². The van der Waals surface area contributed by atoms with E-state index in [1.54, 1.807) is 30.3 Å². The van der Waals surface area contributed by atoms with Crippen molar-refractivity contribution in [3.05, 3.63) is 35.7 Å². The highest BCUT2D eigenvalue weighted by Crippen LogP contribution is 2.42. The van der Waals surface area contributed by atoms with Crippen LogP contribution in [-0.2, 0) is 7.05 Å². The maximum atomic E-state index is 6.35. The van der Waals surface area contributed by atoms with Gasteiger partial charge in [-0.05, 0) is 12.1 Å². The fourth-order valence-corrected chi connectivity index (χ4v) is 2.75. The first-order valence-corrected chi connectivity index (χ1v) is 6.40. The second kappa shape index (κ2) is 3.80. The van der Waals surface area contributed by atoms with Crippen molar-refractivity contribution >= 4 is 39.4 Å². The highest BCUT2D eigenvalue weighted by Gasteiger charge is 2.20. The number of aryl methyl sites for hydroxylation is 1. The summed E-state index contributed by atoms with van der Waals surface area (Å²) in [5.74, 6) is 0.575. The number of rotatable bonds is 1. The van der Waals surface area contributed by atoms with Crippen molar-refractivity contribution in [2.24, 2.45) is 7.05 Å². The van der Waals surface area contributed by atoms with Crippen molar-refractivity contribution in [1.29, 1.82) is 0 Å². The first-order valence-electron chi connectivity index (χ1n) is 6.02. The Morgan fingerprint density at radius 3 is 2.55 bits per heavy atom. The predicted molar refractivity (Wildman–Crippen MR) is 77.6 cm³/mol. The molecule has 0 bridgehead atoms. The van der Waals surface area contributed by atoms with Crippen LogP contribution in [0.3, 0.4) is 0 Å². The molecule has 2 N–H and O–H groups in total. The minimum Gasteiger partial charge on any atom is -0.464 e. The molecule has 6 heteroatoms. The summed E-state index contributed by atoms with van der Waals surface area (Å²) in [5.41, 5.74) is 8.74. The van der Waals surface area contributed by atoms with Crippen LogP contribution in [0.5, 0.6) is 0 Å². The third-order valence-electron chi connectivity index (χ3n) is 3.43. The lowest BCUT2D eigenvalue weighted by atomic mass is 10.0. The first-order chi connectivity index (χ1) is 9.66. The molecule has 4 rings (SSSR count). The zero-order chi connectivity index (χ0) is 13.9. The van der Waals surface area contributed by atoms with Crippen LogP contribution in [0.1, 0.15) is 0 Å². The lowest BCUT2D eigenvalue weighted by Crippen LogP contribution is -1.96. The molecule has 4 aromatic rings. The summed E-state index contributed by atoms with van der Waals surface area (Å²) >= 11 is 6.35. The van der Waals surface area contributed by atoms with Crippen LogP contribution >= 0.6 is 11.6 Å². The average Bonchev–Trinajstić information content (AvgIpc) is 3.11. The number of anilines is 1. The summed E-state index contributed by atoms with van der Waals surface area (Å²) in [6, 6.07) is 5.47. The third-order valence-corrected chi connectivity index (χ3v) is 3.81. The normalized spacial score (nSPS) is 11.7. The quantitative estimate of drug-likeness (QED) is 0.578. The minimum atomic E-state index is 0.543. The van der Waals surface area contributed by atoms with E-state index in [4.69, 9.17) is 26.2 Å². The van der Waals surface area contributed by atoms with E-state index in [-0.39, 0.29) is 0 Å². The molecule has 0 saturated carbocycles. The molecule has 0 aliphatic rings. The molecule has 0 unspecified atom stereocenters. The summed E-state index contributed by atoms with van der Waals surface area (Å²) < 4.78 is 12.7. The second-order valence-corrected chi connectivity index (χ2v) is 4.97. The number of furan rings is 2. The van der Waals surface area contributed by atoms with Gasteiger partial charge in [0.2, 0.25) is 0 Å². The Bertz CT molecular complexity index is 877. The summed E-state index contributed by atoms with van der Waals surface area (Å²) in [4.78, 5) is 0. The van der Waals surface area contributed by atoms with E-state index in [2.05, 4.69) is 5.10 Å². The maximum absolute atomic E-state index is 6.35. The molecule has 0 amide bonds. The van der Waals surface area contributed by atoms with Crippen molar-refractivity contribution in [2.75, 3.05) is 5.73 Å². The Morgan fingerprint density at radius 1 is 1.15 bits per heavy atom. The maximum Gasteiger partial charge on any atom is 0.154 e. The number of nitrogens with two attached hydrogens (primary N) is 1. The zero-order valence-corrected chi connectivity index (χ0v) is 11.3. The topological polar surface area (TPSA) is 70.1 Å². The Balaban J connectivity index is 2.22.